The molecule has 0 aromatic carbocycles. The number of aromatic nitrogens is 1. The first-order chi connectivity index (χ1) is 8.02. The highest BCUT2D eigenvalue weighted by molar-refractivity contribution is 9.10. The summed E-state index contributed by atoms with van der Waals surface area (Å²) in [5, 5.41) is 2.87. The summed E-state index contributed by atoms with van der Waals surface area (Å²) in [7, 11) is 0. The van der Waals surface area contributed by atoms with Gasteiger partial charge < -0.3 is 10.2 Å². The van der Waals surface area contributed by atoms with E-state index in [0.29, 0.717) is 6.54 Å². The van der Waals surface area contributed by atoms with E-state index in [2.05, 4.69) is 26.2 Å². The SMILES string of the molecule is CCN(CC(=O)NC(C)C)c1ccc(Br)cn1. The normalized spacial score (nSPS) is 10.4. The molecule has 1 heterocycles. The first-order valence-corrected chi connectivity index (χ1v) is 6.48. The highest BCUT2D eigenvalue weighted by atomic mass is 79.9. The second kappa shape index (κ2) is 6.59. The van der Waals surface area contributed by atoms with Gasteiger partial charge in [-0.05, 0) is 48.8 Å². The molecular formula is C12H18BrN3O. The Morgan fingerprint density at radius 3 is 2.71 bits per heavy atom. The number of carbonyl (C=O) groups is 1. The summed E-state index contributed by atoms with van der Waals surface area (Å²) in [4.78, 5) is 17.9. The number of hydrogen-bond acceptors (Lipinski definition) is 3. The highest BCUT2D eigenvalue weighted by Gasteiger charge is 2.11. The molecule has 0 spiro atoms. The van der Waals surface area contributed by atoms with Gasteiger partial charge in [-0.2, -0.15) is 0 Å². The van der Waals surface area contributed by atoms with Gasteiger partial charge in [-0.15, -0.1) is 0 Å². The molecule has 94 valence electrons. The molecule has 0 bridgehead atoms. The molecule has 0 saturated heterocycles. The van der Waals surface area contributed by atoms with Crippen molar-refractivity contribution in [2.24, 2.45) is 0 Å². The molecule has 0 fully saturated rings. The van der Waals surface area contributed by atoms with Crippen molar-refractivity contribution in [3.05, 3.63) is 22.8 Å². The zero-order chi connectivity index (χ0) is 12.8. The zero-order valence-electron chi connectivity index (χ0n) is 10.4. The molecule has 1 N–H and O–H groups in total. The van der Waals surface area contributed by atoms with Crippen LogP contribution in [0.3, 0.4) is 0 Å². The van der Waals surface area contributed by atoms with Gasteiger partial charge in [0.1, 0.15) is 5.82 Å². The number of carbonyl (C=O) groups excluding carboxylic acids is 1. The second-order valence-corrected chi connectivity index (χ2v) is 4.99. The summed E-state index contributed by atoms with van der Waals surface area (Å²) in [5.41, 5.74) is 0. The van der Waals surface area contributed by atoms with Crippen molar-refractivity contribution in [3.8, 4) is 0 Å². The molecule has 0 atom stereocenters. The van der Waals surface area contributed by atoms with Gasteiger partial charge in [0.2, 0.25) is 5.91 Å². The fourth-order valence-electron chi connectivity index (χ4n) is 1.45. The van der Waals surface area contributed by atoms with Crippen LogP contribution in [0.2, 0.25) is 0 Å². The number of amides is 1. The summed E-state index contributed by atoms with van der Waals surface area (Å²) >= 11 is 3.34. The lowest BCUT2D eigenvalue weighted by Crippen LogP contribution is -2.40. The minimum absolute atomic E-state index is 0.0200. The van der Waals surface area contributed by atoms with Crippen LogP contribution in [0.4, 0.5) is 5.82 Å². The molecule has 1 amide bonds. The van der Waals surface area contributed by atoms with Crippen molar-refractivity contribution < 1.29 is 4.79 Å². The largest absolute Gasteiger partial charge is 0.352 e. The minimum atomic E-state index is 0.0200. The molecule has 17 heavy (non-hydrogen) atoms. The monoisotopic (exact) mass is 299 g/mol. The van der Waals surface area contributed by atoms with Crippen LogP contribution >= 0.6 is 15.9 Å². The number of halogens is 1. The lowest BCUT2D eigenvalue weighted by Gasteiger charge is -2.21. The molecule has 1 aromatic rings. The third-order valence-corrected chi connectivity index (χ3v) is 2.67. The number of pyridine rings is 1. The summed E-state index contributed by atoms with van der Waals surface area (Å²) in [5.74, 6) is 0.834. The molecule has 0 aliphatic heterocycles. The predicted octanol–water partition coefficient (Wildman–Crippen LogP) is 2.19. The lowest BCUT2D eigenvalue weighted by atomic mass is 10.3. The van der Waals surface area contributed by atoms with Crippen LogP contribution in [0.25, 0.3) is 0 Å². The fraction of sp³-hybridized carbons (Fsp3) is 0.500. The van der Waals surface area contributed by atoms with Gasteiger partial charge in [-0.3, -0.25) is 4.79 Å². The maximum Gasteiger partial charge on any atom is 0.239 e. The van der Waals surface area contributed by atoms with Crippen LogP contribution < -0.4 is 10.2 Å². The number of likely N-dealkylation sites (N-methyl/N-ethyl adjacent to an activating group) is 1. The fourth-order valence-corrected chi connectivity index (χ4v) is 1.69. The molecule has 0 aliphatic rings. The topological polar surface area (TPSA) is 45.2 Å². The van der Waals surface area contributed by atoms with Crippen LogP contribution in [0, 0.1) is 0 Å². The summed E-state index contributed by atoms with van der Waals surface area (Å²) in [6, 6.07) is 3.99. The molecule has 4 nitrogen and oxygen atoms in total. The van der Waals surface area contributed by atoms with Crippen LogP contribution in [0.15, 0.2) is 22.8 Å². The molecule has 1 aromatic heterocycles. The molecule has 0 radical (unpaired) electrons. The van der Waals surface area contributed by atoms with E-state index in [9.17, 15) is 4.79 Å². The zero-order valence-corrected chi connectivity index (χ0v) is 12.0. The molecule has 0 saturated carbocycles. The van der Waals surface area contributed by atoms with E-state index >= 15 is 0 Å². The van der Waals surface area contributed by atoms with E-state index in [-0.39, 0.29) is 11.9 Å². The summed E-state index contributed by atoms with van der Waals surface area (Å²) in [6.45, 7) is 6.99. The van der Waals surface area contributed by atoms with Gasteiger partial charge in [-0.25, -0.2) is 4.98 Å². The average Bonchev–Trinajstić information content (AvgIpc) is 2.26. The third kappa shape index (κ3) is 4.73. The van der Waals surface area contributed by atoms with Crippen LogP contribution in [-0.4, -0.2) is 30.0 Å². The Balaban J connectivity index is 2.65. The van der Waals surface area contributed by atoms with Gasteiger partial charge in [0.05, 0.1) is 6.54 Å². The van der Waals surface area contributed by atoms with Gasteiger partial charge in [0, 0.05) is 23.3 Å². The summed E-state index contributed by atoms with van der Waals surface area (Å²) < 4.78 is 0.934. The third-order valence-electron chi connectivity index (χ3n) is 2.20. The number of anilines is 1. The molecule has 0 unspecified atom stereocenters. The van der Waals surface area contributed by atoms with Gasteiger partial charge >= 0.3 is 0 Å². The van der Waals surface area contributed by atoms with Crippen molar-refractivity contribution >= 4 is 27.7 Å². The van der Waals surface area contributed by atoms with E-state index in [4.69, 9.17) is 0 Å². The Morgan fingerprint density at radius 1 is 1.53 bits per heavy atom. The standard InChI is InChI=1S/C12H18BrN3O/c1-4-16(8-12(17)15-9(2)3)11-6-5-10(13)7-14-11/h5-7,9H,4,8H2,1-3H3,(H,15,17). The maximum atomic E-state index is 11.7. The Labute approximate surface area is 111 Å². The van der Waals surface area contributed by atoms with Crippen LogP contribution in [0.1, 0.15) is 20.8 Å². The molecule has 5 heteroatoms. The molecule has 0 aliphatic carbocycles. The van der Waals surface area contributed by atoms with E-state index < -0.39 is 0 Å². The smallest absolute Gasteiger partial charge is 0.239 e. The van der Waals surface area contributed by atoms with Crippen molar-refractivity contribution in [2.45, 2.75) is 26.8 Å². The first-order valence-electron chi connectivity index (χ1n) is 5.68. The van der Waals surface area contributed by atoms with Crippen LogP contribution in [-0.2, 0) is 4.79 Å². The van der Waals surface area contributed by atoms with E-state index in [1.807, 2.05) is 37.8 Å². The van der Waals surface area contributed by atoms with E-state index in [1.54, 1.807) is 6.20 Å². The lowest BCUT2D eigenvalue weighted by molar-refractivity contribution is -0.120. The maximum absolute atomic E-state index is 11.7. The number of nitrogens with zero attached hydrogens (tertiary/aromatic N) is 2. The first kappa shape index (κ1) is 14.0. The van der Waals surface area contributed by atoms with Crippen LogP contribution in [0.5, 0.6) is 0 Å². The molecule has 1 rings (SSSR count). The Morgan fingerprint density at radius 2 is 2.24 bits per heavy atom. The molecular weight excluding hydrogens is 282 g/mol. The van der Waals surface area contributed by atoms with Gasteiger partial charge in [0.15, 0.2) is 0 Å². The van der Waals surface area contributed by atoms with Gasteiger partial charge in [0.25, 0.3) is 0 Å². The van der Waals surface area contributed by atoms with Crippen molar-refractivity contribution in [3.63, 3.8) is 0 Å². The van der Waals surface area contributed by atoms with E-state index in [1.165, 1.54) is 0 Å². The predicted molar refractivity (Wildman–Crippen MR) is 73.1 cm³/mol. The second-order valence-electron chi connectivity index (χ2n) is 4.07. The van der Waals surface area contributed by atoms with E-state index in [0.717, 1.165) is 16.8 Å². The Bertz CT molecular complexity index is 365. The van der Waals surface area contributed by atoms with Crippen molar-refractivity contribution in [1.82, 2.24) is 10.3 Å². The Hall–Kier alpha value is -1.10. The number of rotatable bonds is 5. The minimum Gasteiger partial charge on any atom is -0.352 e. The Kier molecular flexibility index (Phi) is 5.41. The highest BCUT2D eigenvalue weighted by Crippen LogP contribution is 2.14. The van der Waals surface area contributed by atoms with Gasteiger partial charge in [-0.1, -0.05) is 0 Å². The van der Waals surface area contributed by atoms with Crippen molar-refractivity contribution in [2.75, 3.05) is 18.0 Å². The number of hydrogen-bond donors (Lipinski definition) is 1. The quantitative estimate of drug-likeness (QED) is 0.906. The number of nitrogens with one attached hydrogen (secondary N) is 1. The average molecular weight is 300 g/mol. The summed E-state index contributed by atoms with van der Waals surface area (Å²) in [6.07, 6.45) is 1.73. The van der Waals surface area contributed by atoms with Crippen molar-refractivity contribution in [1.29, 1.82) is 0 Å².